The van der Waals surface area contributed by atoms with Gasteiger partial charge in [0.25, 0.3) is 0 Å². The summed E-state index contributed by atoms with van der Waals surface area (Å²) in [5, 5.41) is 0. The summed E-state index contributed by atoms with van der Waals surface area (Å²) in [4.78, 5) is 0. The molecule has 8 aromatic rings. The third-order valence-corrected chi connectivity index (χ3v) is 12.4. The van der Waals surface area contributed by atoms with Crippen LogP contribution >= 0.6 is 0 Å². The first-order valence-electron chi connectivity index (χ1n) is 30.5. The molecule has 12 rings (SSSR count). The van der Waals surface area contributed by atoms with Gasteiger partial charge in [-0.1, -0.05) is 360 Å². The van der Waals surface area contributed by atoms with Gasteiger partial charge in [0.1, 0.15) is 0 Å². The SMILES string of the molecule is CC.CC.CC.CC.CC.CC.CC.CC.CC.CC.CC.CC.c1ccc2c(c1)Cc1ccccc1C21c2ccccc2-c2ccccc21.c1ccc2c(c1)Cc1ccccc1C21c2ccccc2-c2ccccc21. The second-order valence-corrected chi connectivity index (χ2v) is 14.7. The van der Waals surface area contributed by atoms with E-state index in [1.54, 1.807) is 0 Å². The van der Waals surface area contributed by atoms with Crippen molar-refractivity contribution in [3.8, 4) is 22.3 Å². The minimum absolute atomic E-state index is 0.196. The molecule has 76 heavy (non-hydrogen) atoms. The van der Waals surface area contributed by atoms with E-state index >= 15 is 0 Å². The van der Waals surface area contributed by atoms with Crippen molar-refractivity contribution in [3.63, 3.8) is 0 Å². The van der Waals surface area contributed by atoms with Crippen LogP contribution in [-0.4, -0.2) is 0 Å². The van der Waals surface area contributed by atoms with Crippen molar-refractivity contribution in [2.75, 3.05) is 0 Å². The highest BCUT2D eigenvalue weighted by Gasteiger charge is 2.50. The van der Waals surface area contributed by atoms with Gasteiger partial charge in [0.15, 0.2) is 0 Å². The summed E-state index contributed by atoms with van der Waals surface area (Å²) in [5.41, 5.74) is 22.3. The average Bonchev–Trinajstić information content (AvgIpc) is 4.03. The molecule has 0 saturated heterocycles. The summed E-state index contributed by atoms with van der Waals surface area (Å²) < 4.78 is 0. The van der Waals surface area contributed by atoms with Crippen LogP contribution in [0, 0.1) is 0 Å². The Hall–Kier alpha value is -6.24. The molecule has 0 radical (unpaired) electrons. The highest BCUT2D eigenvalue weighted by molar-refractivity contribution is 5.89. The van der Waals surface area contributed by atoms with Crippen LogP contribution in [0.5, 0.6) is 0 Å². The Labute approximate surface area is 470 Å². The maximum atomic E-state index is 2.34. The van der Waals surface area contributed by atoms with E-state index in [9.17, 15) is 0 Å². The predicted molar refractivity (Wildman–Crippen MR) is 349 cm³/mol. The lowest BCUT2D eigenvalue weighted by Crippen LogP contribution is -2.34. The minimum atomic E-state index is -0.196. The van der Waals surface area contributed by atoms with Crippen molar-refractivity contribution in [1.82, 2.24) is 0 Å². The normalized spacial score (nSPS) is 11.3. The van der Waals surface area contributed by atoms with E-state index in [1.807, 2.05) is 166 Å². The lowest BCUT2D eigenvalue weighted by Gasteiger charge is -2.40. The monoisotopic (exact) mass is 1020 g/mol. The van der Waals surface area contributed by atoms with Crippen molar-refractivity contribution >= 4 is 0 Å². The molecule has 0 heterocycles. The van der Waals surface area contributed by atoms with Gasteiger partial charge < -0.3 is 0 Å². The van der Waals surface area contributed by atoms with Crippen LogP contribution in [0.25, 0.3) is 22.3 Å². The molecule has 0 fully saturated rings. The maximum absolute atomic E-state index is 2.34. The molecule has 0 unspecified atom stereocenters. The van der Waals surface area contributed by atoms with Gasteiger partial charge in [-0.15, -0.1) is 0 Å². The van der Waals surface area contributed by atoms with E-state index in [1.165, 1.54) is 89.0 Å². The van der Waals surface area contributed by atoms with Crippen molar-refractivity contribution in [1.29, 1.82) is 0 Å². The second kappa shape index (κ2) is 41.0. The largest absolute Gasteiger partial charge is 0.0719 e. The van der Waals surface area contributed by atoms with E-state index < -0.39 is 0 Å². The van der Waals surface area contributed by atoms with Crippen LogP contribution in [-0.2, 0) is 23.7 Å². The number of fused-ring (bicyclic) bond motifs is 18. The third-order valence-electron chi connectivity index (χ3n) is 12.4. The first kappa shape index (κ1) is 71.8. The van der Waals surface area contributed by atoms with Gasteiger partial charge in [-0.2, -0.15) is 0 Å². The first-order chi connectivity index (χ1) is 37.8. The number of benzene rings is 8. The molecule has 2 spiro atoms. The summed E-state index contributed by atoms with van der Waals surface area (Å²) in [5.74, 6) is 0. The van der Waals surface area contributed by atoms with Crippen molar-refractivity contribution in [2.24, 2.45) is 0 Å². The Morgan fingerprint density at radius 2 is 0.303 bits per heavy atom. The zero-order valence-corrected chi connectivity index (χ0v) is 52.9. The fourth-order valence-electron chi connectivity index (χ4n) is 10.5. The Bertz CT molecular complexity index is 2330. The van der Waals surface area contributed by atoms with E-state index in [-0.39, 0.29) is 10.8 Å². The highest BCUT2D eigenvalue weighted by atomic mass is 14.5. The Morgan fingerprint density at radius 3 is 0.474 bits per heavy atom. The predicted octanol–water partition coefficient (Wildman–Crippen LogP) is 24.2. The Kier molecular flexibility index (Phi) is 38.7. The molecule has 0 atom stereocenters. The quantitative estimate of drug-likeness (QED) is 0.142. The summed E-state index contributed by atoms with van der Waals surface area (Å²) >= 11 is 0. The molecular weight excluding hydrogens is 913 g/mol. The van der Waals surface area contributed by atoms with Crippen molar-refractivity contribution in [3.05, 3.63) is 261 Å². The summed E-state index contributed by atoms with van der Waals surface area (Å²) in [6.07, 6.45) is 2.02. The molecule has 4 aliphatic rings. The molecule has 0 saturated carbocycles. The minimum Gasteiger partial charge on any atom is -0.0683 e. The topological polar surface area (TPSA) is 0 Å². The molecule has 0 aliphatic heterocycles. The third kappa shape index (κ3) is 14.2. The van der Waals surface area contributed by atoms with Gasteiger partial charge in [-0.05, 0) is 102 Å². The highest BCUT2D eigenvalue weighted by Crippen LogP contribution is 2.60. The van der Waals surface area contributed by atoms with Crippen molar-refractivity contribution in [2.45, 2.75) is 190 Å². The molecule has 0 bridgehead atoms. The van der Waals surface area contributed by atoms with Gasteiger partial charge in [-0.25, -0.2) is 0 Å². The zero-order valence-electron chi connectivity index (χ0n) is 52.9. The van der Waals surface area contributed by atoms with Crippen LogP contribution in [0.2, 0.25) is 0 Å². The maximum Gasteiger partial charge on any atom is 0.0719 e. The molecule has 0 nitrogen and oxygen atoms in total. The van der Waals surface area contributed by atoms with E-state index in [4.69, 9.17) is 0 Å². The van der Waals surface area contributed by atoms with Crippen LogP contribution < -0.4 is 0 Å². The van der Waals surface area contributed by atoms with Gasteiger partial charge in [-0.3, -0.25) is 0 Å². The van der Waals surface area contributed by atoms with Gasteiger partial charge >= 0.3 is 0 Å². The van der Waals surface area contributed by atoms with E-state index in [0.29, 0.717) is 0 Å². The fourth-order valence-corrected chi connectivity index (χ4v) is 10.5. The smallest absolute Gasteiger partial charge is 0.0683 e. The van der Waals surface area contributed by atoms with Gasteiger partial charge in [0.2, 0.25) is 0 Å². The van der Waals surface area contributed by atoms with Crippen molar-refractivity contribution < 1.29 is 0 Å². The molecule has 4 aliphatic carbocycles. The first-order valence-corrected chi connectivity index (χ1v) is 30.5. The number of rotatable bonds is 0. The van der Waals surface area contributed by atoms with Gasteiger partial charge in [0.05, 0.1) is 10.8 Å². The van der Waals surface area contributed by atoms with E-state index in [2.05, 4.69) is 194 Å². The number of hydrogen-bond acceptors (Lipinski definition) is 0. The van der Waals surface area contributed by atoms with Gasteiger partial charge in [0, 0.05) is 0 Å². The van der Waals surface area contributed by atoms with E-state index in [0.717, 1.165) is 12.8 Å². The lowest BCUT2D eigenvalue weighted by atomic mass is 9.61. The van der Waals surface area contributed by atoms with Crippen LogP contribution in [0.3, 0.4) is 0 Å². The fraction of sp³-hybridized carbons (Fsp3) is 0.368. The molecule has 0 amide bonds. The summed E-state index contributed by atoms with van der Waals surface area (Å²) in [7, 11) is 0. The standard InChI is InChI=1S/2C26H18.12C2H6/c2*1-5-13-22-18(9-1)17-19-10-2-6-14-23(19)26(22)24-15-7-3-11-20(24)21-12-4-8-16-25(21)26;12*1-2/h2*1-16H,17H2;12*1-2H3. The molecular formula is C76H108. The Morgan fingerprint density at radius 1 is 0.171 bits per heavy atom. The zero-order chi connectivity index (χ0) is 58.3. The second-order valence-electron chi connectivity index (χ2n) is 14.7. The summed E-state index contributed by atoms with van der Waals surface area (Å²) in [6.45, 7) is 48.0. The molecule has 0 aromatic heterocycles. The van der Waals surface area contributed by atoms with Crippen LogP contribution in [0.4, 0.5) is 0 Å². The summed E-state index contributed by atoms with van der Waals surface area (Å²) in [6, 6.07) is 71.9. The van der Waals surface area contributed by atoms with Crippen LogP contribution in [0.15, 0.2) is 194 Å². The molecule has 8 aromatic carbocycles. The Balaban J connectivity index is 0. The lowest BCUT2D eigenvalue weighted by molar-refractivity contribution is 0.722. The molecule has 0 heteroatoms. The molecule has 412 valence electrons. The van der Waals surface area contributed by atoms with Crippen LogP contribution in [0.1, 0.15) is 233 Å². The number of hydrogen-bond donors (Lipinski definition) is 0. The molecule has 0 N–H and O–H groups in total. The average molecular weight is 1020 g/mol.